The molecule has 0 saturated heterocycles. The maximum absolute atomic E-state index is 2.53. The highest BCUT2D eigenvalue weighted by molar-refractivity contribution is 6.63. The average molecular weight is 205 g/mol. The second-order valence-electron chi connectivity index (χ2n) is 4.38. The van der Waals surface area contributed by atoms with Crippen LogP contribution in [0.15, 0.2) is 22.3 Å². The molecule has 0 N–H and O–H groups in total. The van der Waals surface area contributed by atoms with Gasteiger partial charge in [-0.05, 0) is 39.2 Å². The van der Waals surface area contributed by atoms with Crippen molar-refractivity contribution < 1.29 is 0 Å². The van der Waals surface area contributed by atoms with Gasteiger partial charge in [-0.25, -0.2) is 0 Å². The van der Waals surface area contributed by atoms with Crippen LogP contribution in [0.3, 0.4) is 0 Å². The minimum atomic E-state index is 0.593. The van der Waals surface area contributed by atoms with E-state index >= 15 is 0 Å². The van der Waals surface area contributed by atoms with Crippen LogP contribution < -0.4 is 0 Å². The zero-order chi connectivity index (χ0) is 11.6. The van der Waals surface area contributed by atoms with Crippen LogP contribution in [0.4, 0.5) is 0 Å². The maximum atomic E-state index is 2.53. The van der Waals surface area contributed by atoms with Gasteiger partial charge >= 0.3 is 0 Å². The van der Waals surface area contributed by atoms with Crippen LogP contribution in [0.2, 0.25) is 6.82 Å². The molecule has 0 aromatic heterocycles. The smallest absolute Gasteiger partial charge is 0.281 e. The van der Waals surface area contributed by atoms with E-state index in [1.807, 2.05) is 0 Å². The summed E-state index contributed by atoms with van der Waals surface area (Å²) in [6, 6.07) is 0. The van der Waals surface area contributed by atoms with Gasteiger partial charge in [0.15, 0.2) is 0 Å². The van der Waals surface area contributed by atoms with E-state index in [0.717, 1.165) is 13.0 Å². The van der Waals surface area contributed by atoms with E-state index in [9.17, 15) is 0 Å². The summed E-state index contributed by atoms with van der Waals surface area (Å²) < 4.78 is 0. The molecule has 0 saturated carbocycles. The van der Waals surface area contributed by atoms with Gasteiger partial charge in [0.1, 0.15) is 0 Å². The molecular formula is C13H24BN. The summed E-state index contributed by atoms with van der Waals surface area (Å²) in [5.74, 6) is 0. The van der Waals surface area contributed by atoms with Gasteiger partial charge in [-0.2, -0.15) is 0 Å². The van der Waals surface area contributed by atoms with Gasteiger partial charge < -0.3 is 4.81 Å². The number of hydrogen-bond acceptors (Lipinski definition) is 1. The first-order valence-electron chi connectivity index (χ1n) is 6.24. The molecule has 0 atom stereocenters. The molecule has 0 spiro atoms. The minimum absolute atomic E-state index is 0.593. The summed E-state index contributed by atoms with van der Waals surface area (Å²) in [4.78, 5) is 2.53. The van der Waals surface area contributed by atoms with E-state index in [2.05, 4.69) is 46.3 Å². The zero-order valence-corrected chi connectivity index (χ0v) is 11.1. The Morgan fingerprint density at radius 2 is 1.67 bits per heavy atom. The Morgan fingerprint density at radius 3 is 2.07 bits per heavy atom. The molecular weight excluding hydrogens is 181 g/mol. The average Bonchev–Trinajstić information content (AvgIpc) is 2.19. The molecule has 1 aliphatic rings. The molecule has 0 radical (unpaired) electrons. The van der Waals surface area contributed by atoms with Gasteiger partial charge in [-0.15, -0.1) is 0 Å². The molecule has 0 aromatic rings. The quantitative estimate of drug-likeness (QED) is 0.631. The Morgan fingerprint density at radius 1 is 1.07 bits per heavy atom. The molecule has 84 valence electrons. The lowest BCUT2D eigenvalue weighted by Crippen LogP contribution is -2.41. The zero-order valence-electron chi connectivity index (χ0n) is 11.1. The van der Waals surface area contributed by atoms with Crippen molar-refractivity contribution in [1.82, 2.24) is 4.81 Å². The van der Waals surface area contributed by atoms with Crippen molar-refractivity contribution in [2.24, 2.45) is 0 Å². The third-order valence-electron chi connectivity index (χ3n) is 3.85. The van der Waals surface area contributed by atoms with Crippen molar-refractivity contribution in [3.05, 3.63) is 22.3 Å². The monoisotopic (exact) mass is 205 g/mol. The maximum Gasteiger partial charge on any atom is 0.281 e. The van der Waals surface area contributed by atoms with Gasteiger partial charge in [-0.1, -0.05) is 31.7 Å². The highest BCUT2D eigenvalue weighted by Crippen LogP contribution is 2.32. The third-order valence-corrected chi connectivity index (χ3v) is 3.85. The summed E-state index contributed by atoms with van der Waals surface area (Å²) >= 11 is 0. The van der Waals surface area contributed by atoms with Crippen LogP contribution in [-0.2, 0) is 0 Å². The van der Waals surface area contributed by atoms with E-state index in [0.29, 0.717) is 6.85 Å². The summed E-state index contributed by atoms with van der Waals surface area (Å²) in [6.07, 6.45) is 2.34. The first kappa shape index (κ1) is 12.4. The van der Waals surface area contributed by atoms with Gasteiger partial charge in [0.2, 0.25) is 0 Å². The van der Waals surface area contributed by atoms with Gasteiger partial charge in [-0.3, -0.25) is 0 Å². The highest BCUT2D eigenvalue weighted by atomic mass is 15.1. The first-order valence-corrected chi connectivity index (χ1v) is 6.24. The molecule has 0 aromatic carbocycles. The normalized spacial score (nSPS) is 18.0. The van der Waals surface area contributed by atoms with Gasteiger partial charge in [0.05, 0.1) is 0 Å². The van der Waals surface area contributed by atoms with E-state index in [4.69, 9.17) is 0 Å². The summed E-state index contributed by atoms with van der Waals surface area (Å²) in [5, 5.41) is 0. The molecule has 0 amide bonds. The van der Waals surface area contributed by atoms with Crippen LogP contribution in [-0.4, -0.2) is 18.2 Å². The van der Waals surface area contributed by atoms with Crippen LogP contribution in [0.1, 0.15) is 47.5 Å². The fourth-order valence-electron chi connectivity index (χ4n) is 3.02. The number of hydrogen-bond donors (Lipinski definition) is 0. The lowest BCUT2D eigenvalue weighted by Gasteiger charge is -2.37. The van der Waals surface area contributed by atoms with E-state index in [1.54, 1.807) is 16.6 Å². The molecule has 0 unspecified atom stereocenters. The van der Waals surface area contributed by atoms with Crippen molar-refractivity contribution in [3.8, 4) is 0 Å². The third kappa shape index (κ3) is 1.99. The fraction of sp³-hybridized carbons (Fsp3) is 0.692. The first-order chi connectivity index (χ1) is 7.08. The van der Waals surface area contributed by atoms with Crippen LogP contribution >= 0.6 is 0 Å². The fourth-order valence-corrected chi connectivity index (χ4v) is 3.02. The Kier molecular flexibility index (Phi) is 4.07. The van der Waals surface area contributed by atoms with Gasteiger partial charge in [0, 0.05) is 12.2 Å². The Hall–Kier alpha value is -0.655. The number of nitrogens with zero attached hydrogens (tertiary/aromatic N) is 1. The van der Waals surface area contributed by atoms with Crippen molar-refractivity contribution in [1.29, 1.82) is 0 Å². The van der Waals surface area contributed by atoms with Crippen LogP contribution in [0.25, 0.3) is 0 Å². The molecule has 1 nitrogen and oxygen atoms in total. The van der Waals surface area contributed by atoms with Crippen molar-refractivity contribution >= 4 is 6.85 Å². The standard InChI is InChI=1S/C13H24BN/c1-7-12-10(4)13(8-2)14(6)15(9-3)11(12)5/h7-9H2,1-6H3. The lowest BCUT2D eigenvalue weighted by molar-refractivity contribution is 0.546. The second kappa shape index (κ2) is 4.91. The van der Waals surface area contributed by atoms with Crippen molar-refractivity contribution in [2.75, 3.05) is 6.54 Å². The largest absolute Gasteiger partial charge is 0.415 e. The SMILES string of the molecule is CCC1=C(C)C(CC)=C(C)N(CC)B1C. The highest BCUT2D eigenvalue weighted by Gasteiger charge is 2.28. The topological polar surface area (TPSA) is 3.24 Å². The molecule has 1 aliphatic heterocycles. The Labute approximate surface area is 95.3 Å². The predicted molar refractivity (Wildman–Crippen MR) is 70.0 cm³/mol. The number of rotatable bonds is 3. The Balaban J connectivity index is 3.22. The van der Waals surface area contributed by atoms with Crippen molar-refractivity contribution in [2.45, 2.75) is 54.3 Å². The lowest BCUT2D eigenvalue weighted by atomic mass is 9.51. The minimum Gasteiger partial charge on any atom is -0.415 e. The summed E-state index contributed by atoms with van der Waals surface area (Å²) in [5.41, 5.74) is 6.23. The summed E-state index contributed by atoms with van der Waals surface area (Å²) in [7, 11) is 0. The molecule has 0 aliphatic carbocycles. The van der Waals surface area contributed by atoms with E-state index in [-0.39, 0.29) is 0 Å². The van der Waals surface area contributed by atoms with Crippen LogP contribution in [0.5, 0.6) is 0 Å². The Bertz CT molecular complexity index is 302. The molecule has 1 rings (SSSR count). The molecule has 1 heterocycles. The van der Waals surface area contributed by atoms with Gasteiger partial charge in [0.25, 0.3) is 6.85 Å². The second-order valence-corrected chi connectivity index (χ2v) is 4.38. The molecule has 2 heteroatoms. The van der Waals surface area contributed by atoms with E-state index < -0.39 is 0 Å². The van der Waals surface area contributed by atoms with E-state index in [1.165, 1.54) is 12.1 Å². The van der Waals surface area contributed by atoms with Crippen molar-refractivity contribution in [3.63, 3.8) is 0 Å². The van der Waals surface area contributed by atoms with Crippen LogP contribution in [0, 0.1) is 0 Å². The number of allylic oxidation sites excluding steroid dienone is 4. The molecule has 0 bridgehead atoms. The summed E-state index contributed by atoms with van der Waals surface area (Å²) in [6.45, 7) is 15.4. The molecule has 0 fully saturated rings. The predicted octanol–water partition coefficient (Wildman–Crippen LogP) is 3.89. The molecule has 15 heavy (non-hydrogen) atoms.